The number of ether oxygens (including phenoxy) is 1. The van der Waals surface area contributed by atoms with E-state index in [1.807, 2.05) is 0 Å². The molecule has 1 aromatic rings. The number of rotatable bonds is 6. The van der Waals surface area contributed by atoms with Gasteiger partial charge in [0.1, 0.15) is 5.75 Å². The lowest BCUT2D eigenvalue weighted by atomic mass is 10.0. The van der Waals surface area contributed by atoms with Crippen LogP contribution < -0.4 is 15.2 Å². The quantitative estimate of drug-likeness (QED) is 0.670. The van der Waals surface area contributed by atoms with E-state index in [0.29, 0.717) is 0 Å². The fourth-order valence-corrected chi connectivity index (χ4v) is 1.59. The summed E-state index contributed by atoms with van der Waals surface area (Å²) in [5.41, 5.74) is -1.61. The summed E-state index contributed by atoms with van der Waals surface area (Å²) in [6.45, 7) is 3.35. The second-order valence-corrected chi connectivity index (χ2v) is 4.33. The molecule has 0 spiro atoms. The SMILES string of the molecule is CC(C)NC(=O)c1cc(C(=O)[O-])c(C(=O)O)cc1OC=O. The van der Waals surface area contributed by atoms with E-state index in [9.17, 15) is 24.3 Å². The van der Waals surface area contributed by atoms with Crippen LogP contribution in [0.25, 0.3) is 0 Å². The molecule has 0 heterocycles. The van der Waals surface area contributed by atoms with Crippen LogP contribution in [0.15, 0.2) is 12.1 Å². The van der Waals surface area contributed by atoms with Crippen molar-refractivity contribution in [1.29, 1.82) is 0 Å². The van der Waals surface area contributed by atoms with E-state index in [4.69, 9.17) is 5.11 Å². The van der Waals surface area contributed by atoms with Gasteiger partial charge < -0.3 is 25.1 Å². The van der Waals surface area contributed by atoms with Crippen LogP contribution in [0.5, 0.6) is 5.75 Å². The van der Waals surface area contributed by atoms with Crippen LogP contribution in [0.3, 0.4) is 0 Å². The highest BCUT2D eigenvalue weighted by Crippen LogP contribution is 2.24. The Kier molecular flexibility index (Phi) is 5.01. The molecular formula is C13H12NO7-. The van der Waals surface area contributed by atoms with Crippen LogP contribution in [0.2, 0.25) is 0 Å². The molecule has 0 bridgehead atoms. The van der Waals surface area contributed by atoms with E-state index in [1.54, 1.807) is 13.8 Å². The van der Waals surface area contributed by atoms with Crippen molar-refractivity contribution < 1.29 is 34.1 Å². The average molecular weight is 294 g/mol. The Bertz CT molecular complexity index is 607. The number of carboxylic acids is 2. The van der Waals surface area contributed by atoms with Crippen molar-refractivity contribution >= 4 is 24.3 Å². The molecule has 8 heteroatoms. The highest BCUT2D eigenvalue weighted by Gasteiger charge is 2.21. The average Bonchev–Trinajstić information content (AvgIpc) is 2.37. The lowest BCUT2D eigenvalue weighted by Gasteiger charge is -2.15. The fourth-order valence-electron chi connectivity index (χ4n) is 1.59. The zero-order valence-electron chi connectivity index (χ0n) is 11.2. The zero-order chi connectivity index (χ0) is 16.2. The molecule has 0 saturated heterocycles. The Morgan fingerprint density at radius 3 is 2.29 bits per heavy atom. The summed E-state index contributed by atoms with van der Waals surface area (Å²) in [5.74, 6) is -4.38. The van der Waals surface area contributed by atoms with Gasteiger partial charge in [0.2, 0.25) is 0 Å². The third kappa shape index (κ3) is 3.78. The van der Waals surface area contributed by atoms with Crippen LogP contribution in [-0.4, -0.2) is 35.5 Å². The van der Waals surface area contributed by atoms with Crippen molar-refractivity contribution in [3.63, 3.8) is 0 Å². The van der Waals surface area contributed by atoms with Gasteiger partial charge in [-0.05, 0) is 26.0 Å². The molecule has 1 aromatic carbocycles. The first-order valence-electron chi connectivity index (χ1n) is 5.81. The number of hydrogen-bond donors (Lipinski definition) is 2. The van der Waals surface area contributed by atoms with Crippen molar-refractivity contribution in [1.82, 2.24) is 5.32 Å². The Morgan fingerprint density at radius 2 is 1.86 bits per heavy atom. The molecule has 21 heavy (non-hydrogen) atoms. The molecule has 1 amide bonds. The van der Waals surface area contributed by atoms with Crippen molar-refractivity contribution in [2.24, 2.45) is 0 Å². The lowest BCUT2D eigenvalue weighted by Crippen LogP contribution is -2.31. The molecule has 0 fully saturated rings. The van der Waals surface area contributed by atoms with Crippen LogP contribution in [0.4, 0.5) is 0 Å². The molecule has 0 aromatic heterocycles. The number of hydrogen-bond acceptors (Lipinski definition) is 6. The van der Waals surface area contributed by atoms with Crippen LogP contribution in [0, 0.1) is 0 Å². The summed E-state index contributed by atoms with van der Waals surface area (Å²) in [7, 11) is 0. The summed E-state index contributed by atoms with van der Waals surface area (Å²) in [5, 5.41) is 22.4. The smallest absolute Gasteiger partial charge is 0.336 e. The number of benzene rings is 1. The van der Waals surface area contributed by atoms with E-state index in [1.165, 1.54) is 0 Å². The molecule has 0 unspecified atom stereocenters. The minimum absolute atomic E-state index is 0.00576. The van der Waals surface area contributed by atoms with Gasteiger partial charge in [-0.2, -0.15) is 0 Å². The van der Waals surface area contributed by atoms with Crippen molar-refractivity contribution in [2.75, 3.05) is 0 Å². The maximum atomic E-state index is 11.9. The topological polar surface area (TPSA) is 133 Å². The number of carboxylic acid groups (broad SMARTS) is 2. The summed E-state index contributed by atoms with van der Waals surface area (Å²) in [4.78, 5) is 44.4. The Balaban J connectivity index is 3.50. The van der Waals surface area contributed by atoms with Crippen LogP contribution in [0.1, 0.15) is 44.9 Å². The van der Waals surface area contributed by atoms with Crippen molar-refractivity contribution in [3.05, 3.63) is 28.8 Å². The first-order valence-corrected chi connectivity index (χ1v) is 5.81. The number of aromatic carboxylic acids is 2. The van der Waals surface area contributed by atoms with Gasteiger partial charge in [0.15, 0.2) is 0 Å². The van der Waals surface area contributed by atoms with Crippen molar-refractivity contribution in [3.8, 4) is 5.75 Å². The molecule has 0 aliphatic rings. The monoisotopic (exact) mass is 294 g/mol. The highest BCUT2D eigenvalue weighted by molar-refractivity contribution is 6.06. The maximum Gasteiger partial charge on any atom is 0.336 e. The van der Waals surface area contributed by atoms with Gasteiger partial charge in [-0.25, -0.2) is 4.79 Å². The second kappa shape index (κ2) is 6.51. The molecule has 2 N–H and O–H groups in total. The van der Waals surface area contributed by atoms with E-state index in [2.05, 4.69) is 10.1 Å². The molecule has 112 valence electrons. The third-order valence-corrected chi connectivity index (χ3v) is 2.41. The molecule has 0 aliphatic heterocycles. The predicted octanol–water partition coefficient (Wildman–Crippen LogP) is -0.578. The number of carbonyl (C=O) groups is 4. The minimum atomic E-state index is -1.76. The second-order valence-electron chi connectivity index (χ2n) is 4.33. The predicted molar refractivity (Wildman–Crippen MR) is 67.0 cm³/mol. The normalized spacial score (nSPS) is 10.0. The summed E-state index contributed by atoms with van der Waals surface area (Å²) in [6, 6.07) is 1.33. The van der Waals surface area contributed by atoms with Gasteiger partial charge in [0.25, 0.3) is 12.4 Å². The van der Waals surface area contributed by atoms with Crippen molar-refractivity contribution in [2.45, 2.75) is 19.9 Å². The third-order valence-electron chi connectivity index (χ3n) is 2.41. The van der Waals surface area contributed by atoms with Gasteiger partial charge in [0.05, 0.1) is 17.1 Å². The van der Waals surface area contributed by atoms with Crippen LogP contribution >= 0.6 is 0 Å². The number of carbonyl (C=O) groups excluding carboxylic acids is 3. The molecule has 8 nitrogen and oxygen atoms in total. The first-order chi connectivity index (χ1) is 9.77. The van der Waals surface area contributed by atoms with E-state index in [0.717, 1.165) is 12.1 Å². The summed E-state index contributed by atoms with van der Waals surface area (Å²) >= 11 is 0. The minimum Gasteiger partial charge on any atom is -0.545 e. The van der Waals surface area contributed by atoms with Crippen LogP contribution in [-0.2, 0) is 4.79 Å². The fraction of sp³-hybridized carbons (Fsp3) is 0.231. The molecule has 0 atom stereocenters. The Labute approximate surface area is 119 Å². The standard InChI is InChI=1S/C13H13NO7/c1-6(2)14-11(16)9-3-7(12(17)18)8(13(19)20)4-10(9)21-5-15/h3-6H,1-2H3,(H,14,16)(H,17,18)(H,19,20)/p-1. The van der Waals surface area contributed by atoms with Gasteiger partial charge in [-0.3, -0.25) is 9.59 Å². The largest absolute Gasteiger partial charge is 0.545 e. The number of nitrogens with one attached hydrogen (secondary N) is 1. The highest BCUT2D eigenvalue weighted by atomic mass is 16.5. The molecule has 0 aliphatic carbocycles. The Hall–Kier alpha value is -2.90. The Morgan fingerprint density at radius 1 is 1.24 bits per heavy atom. The van der Waals surface area contributed by atoms with Gasteiger partial charge in [-0.15, -0.1) is 0 Å². The zero-order valence-corrected chi connectivity index (χ0v) is 11.2. The van der Waals surface area contributed by atoms with Gasteiger partial charge >= 0.3 is 5.97 Å². The molecule has 1 rings (SSSR count). The van der Waals surface area contributed by atoms with Gasteiger partial charge in [0, 0.05) is 11.6 Å². The maximum absolute atomic E-state index is 11.9. The van der Waals surface area contributed by atoms with Gasteiger partial charge in [-0.1, -0.05) is 0 Å². The lowest BCUT2D eigenvalue weighted by molar-refractivity contribution is -0.255. The van der Waals surface area contributed by atoms with E-state index in [-0.39, 0.29) is 23.8 Å². The summed E-state index contributed by atoms with van der Waals surface area (Å²) < 4.78 is 4.55. The summed E-state index contributed by atoms with van der Waals surface area (Å²) in [6.07, 6.45) is 0. The van der Waals surface area contributed by atoms with E-state index < -0.39 is 29.0 Å². The molecule has 0 saturated carbocycles. The number of amides is 1. The first kappa shape index (κ1) is 16.2. The molecular weight excluding hydrogens is 282 g/mol. The van der Waals surface area contributed by atoms with E-state index >= 15 is 0 Å². The molecule has 0 radical (unpaired) electrons.